The van der Waals surface area contributed by atoms with Gasteiger partial charge in [-0.25, -0.2) is 0 Å². The van der Waals surface area contributed by atoms with E-state index in [0.717, 1.165) is 32.9 Å². The second-order valence-corrected chi connectivity index (χ2v) is 10.3. The van der Waals surface area contributed by atoms with Crippen molar-refractivity contribution < 1.29 is 9.59 Å². The lowest BCUT2D eigenvalue weighted by molar-refractivity contribution is -0.126. The summed E-state index contributed by atoms with van der Waals surface area (Å²) in [6, 6.07) is 19.7. The Hall–Kier alpha value is -3.71. The number of carbonyl (C=O) groups excluding carboxylic acids is 2. The molecule has 35 heavy (non-hydrogen) atoms. The average Bonchev–Trinajstić information content (AvgIpc) is 3.51. The SMILES string of the molecule is Cc1ccc(CNC(=O)[C@@]2(C)Cn3nc(-c4cccs4)cc3C(=O)N2c2cccc(C)c2C)cc1. The Kier molecular flexibility index (Phi) is 5.81. The molecule has 0 bridgehead atoms. The van der Waals surface area contributed by atoms with Crippen LogP contribution in [0.2, 0.25) is 0 Å². The van der Waals surface area contributed by atoms with Gasteiger partial charge in [0.1, 0.15) is 16.9 Å². The maximum Gasteiger partial charge on any atom is 0.277 e. The summed E-state index contributed by atoms with van der Waals surface area (Å²) >= 11 is 1.58. The standard InChI is InChI=1S/C28H28N4O2S/c1-18-10-12-21(13-11-18)16-29-27(34)28(4)17-31-24(15-22(30-31)25-9-6-14-35-25)26(33)32(28)23-8-5-7-19(2)20(23)3/h5-15H,16-17H2,1-4H3,(H,29,34)/t28-/m1/s1. The van der Waals surface area contributed by atoms with Crippen molar-refractivity contribution >= 4 is 28.8 Å². The third-order valence-corrected chi connectivity index (χ3v) is 7.70. The van der Waals surface area contributed by atoms with Crippen LogP contribution < -0.4 is 10.2 Å². The van der Waals surface area contributed by atoms with Gasteiger partial charge >= 0.3 is 0 Å². The first-order valence-corrected chi connectivity index (χ1v) is 12.5. The molecule has 5 rings (SSSR count). The van der Waals surface area contributed by atoms with E-state index in [-0.39, 0.29) is 18.4 Å². The summed E-state index contributed by atoms with van der Waals surface area (Å²) in [5, 5.41) is 9.78. The molecule has 0 saturated heterocycles. The molecule has 0 fully saturated rings. The Labute approximate surface area is 209 Å². The highest BCUT2D eigenvalue weighted by atomic mass is 32.1. The number of carbonyl (C=O) groups is 2. The van der Waals surface area contributed by atoms with Crippen molar-refractivity contribution in [2.45, 2.75) is 46.3 Å². The van der Waals surface area contributed by atoms with Crippen LogP contribution in [0.4, 0.5) is 5.69 Å². The lowest BCUT2D eigenvalue weighted by atomic mass is 9.92. The largest absolute Gasteiger partial charge is 0.350 e. The minimum absolute atomic E-state index is 0.217. The van der Waals surface area contributed by atoms with Gasteiger partial charge in [-0.2, -0.15) is 5.10 Å². The molecule has 0 radical (unpaired) electrons. The zero-order valence-electron chi connectivity index (χ0n) is 20.3. The number of thiophene rings is 1. The highest BCUT2D eigenvalue weighted by molar-refractivity contribution is 7.13. The first kappa shape index (κ1) is 23.1. The number of rotatable bonds is 5. The lowest BCUT2D eigenvalue weighted by Gasteiger charge is -2.43. The topological polar surface area (TPSA) is 67.2 Å². The summed E-state index contributed by atoms with van der Waals surface area (Å²) in [5.74, 6) is -0.445. The fourth-order valence-corrected chi connectivity index (χ4v) is 5.24. The fraction of sp³-hybridized carbons (Fsp3) is 0.250. The van der Waals surface area contributed by atoms with Gasteiger partial charge in [0.25, 0.3) is 5.91 Å². The van der Waals surface area contributed by atoms with Crippen LogP contribution in [-0.2, 0) is 17.9 Å². The molecule has 7 heteroatoms. The molecule has 2 aromatic carbocycles. The number of anilines is 1. The summed E-state index contributed by atoms with van der Waals surface area (Å²) < 4.78 is 1.68. The van der Waals surface area contributed by atoms with E-state index < -0.39 is 5.54 Å². The van der Waals surface area contributed by atoms with Crippen molar-refractivity contribution in [3.63, 3.8) is 0 Å². The van der Waals surface area contributed by atoms with Crippen LogP contribution in [-0.4, -0.2) is 27.1 Å². The molecule has 0 unspecified atom stereocenters. The predicted octanol–water partition coefficient (Wildman–Crippen LogP) is 5.27. The third kappa shape index (κ3) is 4.06. The Bertz CT molecular complexity index is 1410. The Morgan fingerprint density at radius 3 is 2.57 bits per heavy atom. The van der Waals surface area contributed by atoms with Crippen molar-refractivity contribution in [2.75, 3.05) is 4.90 Å². The van der Waals surface area contributed by atoms with Crippen molar-refractivity contribution in [1.82, 2.24) is 15.1 Å². The fourth-order valence-electron chi connectivity index (χ4n) is 4.56. The van der Waals surface area contributed by atoms with E-state index in [4.69, 9.17) is 5.10 Å². The van der Waals surface area contributed by atoms with Gasteiger partial charge in [0.2, 0.25) is 5.91 Å². The smallest absolute Gasteiger partial charge is 0.277 e. The summed E-state index contributed by atoms with van der Waals surface area (Å²) in [6.45, 7) is 8.51. The van der Waals surface area contributed by atoms with Crippen LogP contribution in [0.15, 0.2) is 66.0 Å². The molecule has 1 aliphatic rings. The number of nitrogens with zero attached hydrogens (tertiary/aromatic N) is 3. The van der Waals surface area contributed by atoms with E-state index in [1.54, 1.807) is 20.9 Å². The molecule has 4 aromatic rings. The molecule has 1 aliphatic heterocycles. The van der Waals surface area contributed by atoms with Crippen molar-refractivity contribution in [1.29, 1.82) is 0 Å². The van der Waals surface area contributed by atoms with Gasteiger partial charge in [0.15, 0.2) is 0 Å². The maximum absolute atomic E-state index is 14.0. The molecular weight excluding hydrogens is 456 g/mol. The first-order valence-electron chi connectivity index (χ1n) is 11.6. The van der Waals surface area contributed by atoms with Crippen LogP contribution in [0.25, 0.3) is 10.6 Å². The monoisotopic (exact) mass is 484 g/mol. The Balaban J connectivity index is 1.56. The molecule has 2 aromatic heterocycles. The maximum atomic E-state index is 14.0. The minimum Gasteiger partial charge on any atom is -0.350 e. The van der Waals surface area contributed by atoms with E-state index in [1.807, 2.05) is 93.7 Å². The average molecular weight is 485 g/mol. The van der Waals surface area contributed by atoms with Gasteiger partial charge in [0, 0.05) is 12.2 Å². The number of benzene rings is 2. The molecule has 1 N–H and O–H groups in total. The van der Waals surface area contributed by atoms with E-state index in [9.17, 15) is 9.59 Å². The molecule has 0 saturated carbocycles. The second-order valence-electron chi connectivity index (χ2n) is 9.35. The van der Waals surface area contributed by atoms with Gasteiger partial charge in [-0.05, 0) is 68.0 Å². The van der Waals surface area contributed by atoms with Gasteiger partial charge < -0.3 is 5.32 Å². The minimum atomic E-state index is -1.16. The van der Waals surface area contributed by atoms with Crippen LogP contribution in [0.5, 0.6) is 0 Å². The number of nitrogens with one attached hydrogen (secondary N) is 1. The van der Waals surface area contributed by atoms with E-state index in [0.29, 0.717) is 12.2 Å². The van der Waals surface area contributed by atoms with Gasteiger partial charge in [-0.3, -0.25) is 19.2 Å². The molecule has 6 nitrogen and oxygen atoms in total. The van der Waals surface area contributed by atoms with Gasteiger partial charge in [-0.1, -0.05) is 48.0 Å². The highest BCUT2D eigenvalue weighted by Crippen LogP contribution is 2.37. The summed E-state index contributed by atoms with van der Waals surface area (Å²) in [7, 11) is 0. The lowest BCUT2D eigenvalue weighted by Crippen LogP contribution is -2.64. The first-order chi connectivity index (χ1) is 16.8. The number of hydrogen-bond donors (Lipinski definition) is 1. The van der Waals surface area contributed by atoms with Crippen molar-refractivity contribution in [3.05, 3.63) is 94.0 Å². The van der Waals surface area contributed by atoms with Crippen LogP contribution in [0, 0.1) is 20.8 Å². The zero-order chi connectivity index (χ0) is 24.7. The molecule has 0 spiro atoms. The van der Waals surface area contributed by atoms with Crippen LogP contribution >= 0.6 is 11.3 Å². The summed E-state index contributed by atoms with van der Waals surface area (Å²) in [4.78, 5) is 30.4. The Morgan fingerprint density at radius 1 is 1.09 bits per heavy atom. The van der Waals surface area contributed by atoms with Gasteiger partial charge in [0.05, 0.1) is 11.4 Å². The van der Waals surface area contributed by atoms with Crippen molar-refractivity contribution in [2.24, 2.45) is 0 Å². The third-order valence-electron chi connectivity index (χ3n) is 6.81. The van der Waals surface area contributed by atoms with Crippen molar-refractivity contribution in [3.8, 4) is 10.6 Å². The number of aromatic nitrogens is 2. The number of amides is 2. The molecule has 1 atom stereocenters. The molecule has 0 aliphatic carbocycles. The van der Waals surface area contributed by atoms with E-state index in [2.05, 4.69) is 5.32 Å². The second kappa shape index (κ2) is 8.82. The van der Waals surface area contributed by atoms with E-state index in [1.165, 1.54) is 5.56 Å². The molecular formula is C28H28N4O2S. The number of aryl methyl sites for hydroxylation is 2. The van der Waals surface area contributed by atoms with Gasteiger partial charge in [-0.15, -0.1) is 11.3 Å². The highest BCUT2D eigenvalue weighted by Gasteiger charge is 2.49. The summed E-state index contributed by atoms with van der Waals surface area (Å²) in [5.41, 5.74) is 5.03. The zero-order valence-corrected chi connectivity index (χ0v) is 21.1. The van der Waals surface area contributed by atoms with E-state index >= 15 is 0 Å². The molecule has 3 heterocycles. The molecule has 2 amide bonds. The number of fused-ring (bicyclic) bond motifs is 1. The normalized spacial score (nSPS) is 17.4. The van der Waals surface area contributed by atoms with Crippen LogP contribution in [0.3, 0.4) is 0 Å². The predicted molar refractivity (Wildman–Crippen MR) is 140 cm³/mol. The number of hydrogen-bond acceptors (Lipinski definition) is 4. The molecule has 178 valence electrons. The Morgan fingerprint density at radius 2 is 1.86 bits per heavy atom. The van der Waals surface area contributed by atoms with Crippen LogP contribution in [0.1, 0.15) is 39.7 Å². The summed E-state index contributed by atoms with van der Waals surface area (Å²) in [6.07, 6.45) is 0. The quantitative estimate of drug-likeness (QED) is 0.420.